The Kier molecular flexibility index (Phi) is 12.7. The minimum atomic E-state index is -0.276. The number of pyridine rings is 1. The van der Waals surface area contributed by atoms with Gasteiger partial charge in [0.2, 0.25) is 0 Å². The van der Waals surface area contributed by atoms with Gasteiger partial charge in [-0.2, -0.15) is 0 Å². The molecule has 14 rings (SSSR count). The summed E-state index contributed by atoms with van der Waals surface area (Å²) >= 11 is 0. The zero-order valence-corrected chi connectivity index (χ0v) is 49.7. The summed E-state index contributed by atoms with van der Waals surface area (Å²) in [6.07, 6.45) is 1.92. The van der Waals surface area contributed by atoms with Crippen molar-refractivity contribution >= 4 is 66.4 Å². The van der Waals surface area contributed by atoms with Crippen LogP contribution in [0.2, 0.25) is 0 Å². The summed E-state index contributed by atoms with van der Waals surface area (Å²) in [5.41, 5.74) is 19.1. The van der Waals surface area contributed by atoms with E-state index in [1.54, 1.807) is 12.1 Å². The molecule has 1 aliphatic rings. The van der Waals surface area contributed by atoms with Crippen molar-refractivity contribution in [2.24, 2.45) is 0 Å². The number of ether oxygens (including phenoxy) is 1. The van der Waals surface area contributed by atoms with E-state index in [0.717, 1.165) is 100 Å². The number of halogens is 1. The van der Waals surface area contributed by atoms with E-state index < -0.39 is 0 Å². The quantitative estimate of drug-likeness (QED) is 0.144. The van der Waals surface area contributed by atoms with Gasteiger partial charge in [-0.15, -0.1) is 0 Å². The molecule has 0 N–H and O–H groups in total. The predicted octanol–water partition coefficient (Wildman–Crippen LogP) is 21.3. The predicted molar refractivity (Wildman–Crippen MR) is 354 cm³/mol. The Morgan fingerprint density at radius 2 is 0.906 bits per heavy atom. The average Bonchev–Trinajstić information content (AvgIpc) is 3.41. The topological polar surface area (TPSA) is 38.5 Å². The molecule has 0 radical (unpaired) electrons. The van der Waals surface area contributed by atoms with Crippen molar-refractivity contribution < 1.29 is 9.13 Å². The molecule has 0 aliphatic carbocycles. The molecule has 0 saturated carbocycles. The molecule has 0 unspecified atom stereocenters. The third-order valence-electron chi connectivity index (χ3n) is 17.1. The van der Waals surface area contributed by atoms with Crippen molar-refractivity contribution in [1.29, 1.82) is 0 Å². The number of hydrogen-bond acceptors (Lipinski definition) is 4. The van der Waals surface area contributed by atoms with Gasteiger partial charge in [-0.05, 0) is 140 Å². The summed E-state index contributed by atoms with van der Waals surface area (Å²) in [7, 11) is 0. The standard InChI is InChI=1S/C78H68FN5O/c1-76(2,3)54-37-38-80-74(44-54)84-70-28-18-15-25-64(70)65-36-35-60(48-73(65)84)85-61-46-58(45-59(47-61)83-68-26-16-13-23-62(68)63-24-14-17-27-69(63)83)81-49-82(72-30-20-19-29-71(72)81)75-66(51-31-33-57(79)34-32-51)41-52(50-21-11-10-12-22-50)42-67(75)53-39-55(77(4,5)6)43-56(40-53)78(7,8)9/h10-48H,49H2,1-9H3. The number of para-hydroxylation sites is 5. The number of benzene rings is 10. The molecular weight excluding hydrogens is 1040 g/mol. The number of aromatic nitrogens is 3. The normalized spacial score (nSPS) is 13.0. The monoisotopic (exact) mass is 1110 g/mol. The van der Waals surface area contributed by atoms with Crippen LogP contribution >= 0.6 is 0 Å². The van der Waals surface area contributed by atoms with Gasteiger partial charge in [0.05, 0.1) is 44.8 Å². The molecule has 0 saturated heterocycles. The van der Waals surface area contributed by atoms with Gasteiger partial charge in [0.15, 0.2) is 0 Å². The molecule has 418 valence electrons. The lowest BCUT2D eigenvalue weighted by atomic mass is 9.78. The molecule has 1 aliphatic heterocycles. The Hall–Kier alpha value is -9.72. The second-order valence-electron chi connectivity index (χ2n) is 25.9. The van der Waals surface area contributed by atoms with E-state index in [2.05, 4.69) is 288 Å². The molecule has 0 amide bonds. The number of rotatable bonds is 9. The smallest absolute Gasteiger partial charge is 0.137 e. The summed E-state index contributed by atoms with van der Waals surface area (Å²) in [4.78, 5) is 9.88. The molecule has 7 heteroatoms. The first-order valence-corrected chi connectivity index (χ1v) is 29.5. The summed E-state index contributed by atoms with van der Waals surface area (Å²) in [6.45, 7) is 21.0. The van der Waals surface area contributed by atoms with Gasteiger partial charge in [-0.3, -0.25) is 4.57 Å². The van der Waals surface area contributed by atoms with Crippen LogP contribution in [0.1, 0.15) is 79.0 Å². The first-order valence-electron chi connectivity index (χ1n) is 29.5. The lowest BCUT2D eigenvalue weighted by molar-refractivity contribution is 0.483. The molecule has 85 heavy (non-hydrogen) atoms. The Labute approximate surface area is 497 Å². The molecule has 0 atom stereocenters. The first kappa shape index (κ1) is 53.3. The Bertz CT molecular complexity index is 4660. The maximum atomic E-state index is 15.1. The summed E-state index contributed by atoms with van der Waals surface area (Å²) < 4.78 is 27.1. The second kappa shape index (κ2) is 20.3. The maximum Gasteiger partial charge on any atom is 0.137 e. The molecule has 0 bridgehead atoms. The fourth-order valence-electron chi connectivity index (χ4n) is 12.6. The Morgan fingerprint density at radius 1 is 0.376 bits per heavy atom. The molecule has 4 heterocycles. The van der Waals surface area contributed by atoms with E-state index in [-0.39, 0.29) is 22.1 Å². The van der Waals surface area contributed by atoms with Gasteiger partial charge >= 0.3 is 0 Å². The van der Waals surface area contributed by atoms with E-state index in [1.165, 1.54) is 27.5 Å². The van der Waals surface area contributed by atoms with Gasteiger partial charge in [-0.25, -0.2) is 9.37 Å². The number of hydrogen-bond donors (Lipinski definition) is 0. The highest BCUT2D eigenvalue weighted by atomic mass is 19.1. The van der Waals surface area contributed by atoms with Gasteiger partial charge in [0.25, 0.3) is 0 Å². The third-order valence-corrected chi connectivity index (χ3v) is 17.1. The van der Waals surface area contributed by atoms with Crippen LogP contribution in [0.4, 0.5) is 27.1 Å². The van der Waals surface area contributed by atoms with Crippen LogP contribution in [0, 0.1) is 5.82 Å². The van der Waals surface area contributed by atoms with Crippen LogP contribution in [-0.4, -0.2) is 20.8 Å². The minimum Gasteiger partial charge on any atom is -0.457 e. The van der Waals surface area contributed by atoms with Crippen LogP contribution in [0.25, 0.3) is 88.5 Å². The molecule has 13 aromatic rings. The lowest BCUT2D eigenvalue weighted by Crippen LogP contribution is -2.25. The van der Waals surface area contributed by atoms with Gasteiger partial charge in [0.1, 0.15) is 29.8 Å². The van der Waals surface area contributed by atoms with E-state index in [1.807, 2.05) is 18.3 Å². The number of nitrogens with zero attached hydrogens (tertiary/aromatic N) is 5. The van der Waals surface area contributed by atoms with Crippen molar-refractivity contribution in [3.8, 4) is 56.4 Å². The highest BCUT2D eigenvalue weighted by molar-refractivity contribution is 6.11. The second-order valence-corrected chi connectivity index (χ2v) is 25.9. The van der Waals surface area contributed by atoms with Crippen molar-refractivity contribution in [2.75, 3.05) is 16.5 Å². The van der Waals surface area contributed by atoms with Crippen molar-refractivity contribution in [3.63, 3.8) is 0 Å². The average molecular weight is 1110 g/mol. The number of fused-ring (bicyclic) bond motifs is 7. The van der Waals surface area contributed by atoms with Gasteiger partial charge < -0.3 is 19.1 Å². The highest BCUT2D eigenvalue weighted by Crippen LogP contribution is 2.53. The fraction of sp³-hybridized carbons (Fsp3) is 0.167. The lowest BCUT2D eigenvalue weighted by Gasteiger charge is -2.30. The van der Waals surface area contributed by atoms with Gasteiger partial charge in [0, 0.05) is 62.8 Å². The van der Waals surface area contributed by atoms with E-state index >= 15 is 4.39 Å². The molecule has 0 fully saturated rings. The Morgan fingerprint density at radius 3 is 1.52 bits per heavy atom. The van der Waals surface area contributed by atoms with Crippen molar-refractivity contribution in [2.45, 2.75) is 78.6 Å². The fourth-order valence-corrected chi connectivity index (χ4v) is 12.6. The van der Waals surface area contributed by atoms with E-state index in [0.29, 0.717) is 18.2 Å². The molecule has 10 aromatic carbocycles. The van der Waals surface area contributed by atoms with Crippen LogP contribution in [-0.2, 0) is 16.2 Å². The highest BCUT2D eigenvalue weighted by Gasteiger charge is 2.34. The SMILES string of the molecule is CC(C)(C)c1cc(-c2cc(-c3ccccc3)cc(-c3ccc(F)cc3)c2N2CN(c3cc(Oc4ccc5c6ccccc6n(-c6cc(C(C)(C)C)ccn6)c5c4)cc(-n4c5ccccc5c5ccccc54)c3)c3ccccc32)cc(C(C)(C)C)c1. The zero-order valence-electron chi connectivity index (χ0n) is 49.7. The van der Waals surface area contributed by atoms with Crippen LogP contribution < -0.4 is 14.5 Å². The van der Waals surface area contributed by atoms with Crippen molar-refractivity contribution in [1.82, 2.24) is 14.1 Å². The third kappa shape index (κ3) is 9.58. The summed E-state index contributed by atoms with van der Waals surface area (Å²) in [5.74, 6) is 1.98. The van der Waals surface area contributed by atoms with Gasteiger partial charge in [-0.1, -0.05) is 190 Å². The zero-order chi connectivity index (χ0) is 58.5. The molecule has 0 spiro atoms. The Balaban J connectivity index is 0.985. The molecular formula is C78H68FN5O. The number of anilines is 4. The first-order chi connectivity index (χ1) is 40.9. The van der Waals surface area contributed by atoms with E-state index in [9.17, 15) is 0 Å². The minimum absolute atomic E-state index is 0.0644. The summed E-state index contributed by atoms with van der Waals surface area (Å²) in [6, 6.07) is 81.6. The molecule has 6 nitrogen and oxygen atoms in total. The van der Waals surface area contributed by atoms with Crippen LogP contribution in [0.3, 0.4) is 0 Å². The van der Waals surface area contributed by atoms with Crippen molar-refractivity contribution in [3.05, 3.63) is 259 Å². The summed E-state index contributed by atoms with van der Waals surface area (Å²) in [5, 5.41) is 4.62. The van der Waals surface area contributed by atoms with Crippen LogP contribution in [0.5, 0.6) is 11.5 Å². The largest absolute Gasteiger partial charge is 0.457 e. The van der Waals surface area contributed by atoms with Crippen LogP contribution in [0.15, 0.2) is 237 Å². The molecule has 3 aromatic heterocycles. The van der Waals surface area contributed by atoms with E-state index in [4.69, 9.17) is 9.72 Å². The maximum absolute atomic E-state index is 15.1.